The maximum absolute atomic E-state index is 14.1. The lowest BCUT2D eigenvalue weighted by Crippen LogP contribution is -2.50. The Balaban J connectivity index is 2.23. The highest BCUT2D eigenvalue weighted by atomic mass is 32.1. The topological polar surface area (TPSA) is 152 Å². The Morgan fingerprint density at radius 1 is 1.05 bits per heavy atom. The van der Waals surface area contributed by atoms with E-state index in [0.717, 1.165) is 17.1 Å². The minimum atomic E-state index is -1.12. The van der Waals surface area contributed by atoms with Gasteiger partial charge in [-0.15, -0.1) is 0 Å². The van der Waals surface area contributed by atoms with Crippen molar-refractivity contribution in [2.45, 2.75) is 58.5 Å². The highest BCUT2D eigenvalue weighted by molar-refractivity contribution is 7.09. The molecular weight excluding hydrogens is 490 g/mol. The number of aromatic nitrogens is 1. The molecule has 0 spiro atoms. The number of nitrogens with zero attached hydrogens (tertiary/aromatic N) is 2. The number of nitrogens with one attached hydrogen (secondary N) is 1. The van der Waals surface area contributed by atoms with Crippen LogP contribution in [-0.4, -0.2) is 32.7 Å². The maximum atomic E-state index is 14.1. The highest BCUT2D eigenvalue weighted by Gasteiger charge is 2.37. The van der Waals surface area contributed by atoms with Gasteiger partial charge in [0, 0.05) is 11.2 Å². The van der Waals surface area contributed by atoms with Crippen molar-refractivity contribution in [3.05, 3.63) is 70.2 Å². The predicted molar refractivity (Wildman–Crippen MR) is 146 cm³/mol. The number of carbonyl (C=O) groups is 3. The molecule has 1 heterocycles. The number of anilines is 2. The van der Waals surface area contributed by atoms with E-state index in [1.54, 1.807) is 24.3 Å². The third-order valence-electron chi connectivity index (χ3n) is 6.27. The molecule has 0 aliphatic rings. The summed E-state index contributed by atoms with van der Waals surface area (Å²) in [5.41, 5.74) is 12.6. The van der Waals surface area contributed by atoms with E-state index in [9.17, 15) is 19.5 Å². The number of hydrogen-bond donors (Lipinski definition) is 4. The van der Waals surface area contributed by atoms with Crippen molar-refractivity contribution >= 4 is 40.6 Å². The monoisotopic (exact) mass is 523 g/mol. The van der Waals surface area contributed by atoms with E-state index in [1.807, 2.05) is 32.9 Å². The van der Waals surface area contributed by atoms with Gasteiger partial charge >= 0.3 is 0 Å². The summed E-state index contributed by atoms with van der Waals surface area (Å²) in [4.78, 5) is 41.0. The van der Waals surface area contributed by atoms with Gasteiger partial charge in [0.2, 0.25) is 5.91 Å². The average molecular weight is 524 g/mol. The van der Waals surface area contributed by atoms with Gasteiger partial charge in [-0.05, 0) is 73.1 Å². The van der Waals surface area contributed by atoms with Gasteiger partial charge in [-0.25, -0.2) is 0 Å². The molecule has 10 heteroatoms. The number of rotatable bonds is 9. The molecule has 3 rings (SSSR count). The van der Waals surface area contributed by atoms with Crippen LogP contribution in [0, 0.1) is 0 Å². The Hall–Kier alpha value is -3.92. The Bertz CT molecular complexity index is 1280. The summed E-state index contributed by atoms with van der Waals surface area (Å²) in [6.45, 7) is 9.85. The van der Waals surface area contributed by atoms with Crippen LogP contribution in [-0.2, 0) is 4.79 Å². The molecule has 6 N–H and O–H groups in total. The van der Waals surface area contributed by atoms with Crippen molar-refractivity contribution in [2.24, 2.45) is 5.73 Å². The van der Waals surface area contributed by atoms with E-state index in [2.05, 4.69) is 23.5 Å². The Labute approximate surface area is 220 Å². The first-order valence-electron chi connectivity index (χ1n) is 12.0. The van der Waals surface area contributed by atoms with Gasteiger partial charge < -0.3 is 21.9 Å². The SMILES string of the molecule is CCC(C)(C)NC(=O)[C@H](c1ccc(O)cc1)N(C(=O)c1snc(C(N)=O)c1N)c1ccc(C(C)C)cc1. The number of phenols is 1. The third-order valence-corrected chi connectivity index (χ3v) is 7.12. The minimum Gasteiger partial charge on any atom is -0.508 e. The van der Waals surface area contributed by atoms with Crippen molar-refractivity contribution in [1.82, 2.24) is 9.69 Å². The summed E-state index contributed by atoms with van der Waals surface area (Å²) in [5.74, 6) is -1.60. The van der Waals surface area contributed by atoms with E-state index in [4.69, 9.17) is 11.5 Å². The van der Waals surface area contributed by atoms with Gasteiger partial charge in [0.15, 0.2) is 5.69 Å². The number of nitrogen functional groups attached to an aromatic ring is 1. The number of aromatic hydroxyl groups is 1. The number of hydrogen-bond acceptors (Lipinski definition) is 7. The number of nitrogens with two attached hydrogens (primary N) is 2. The van der Waals surface area contributed by atoms with Gasteiger partial charge in [-0.3, -0.25) is 19.3 Å². The predicted octanol–water partition coefficient (Wildman–Crippen LogP) is 4.35. The lowest BCUT2D eigenvalue weighted by atomic mass is 9.97. The smallest absolute Gasteiger partial charge is 0.273 e. The molecular formula is C27H33N5O4S. The fourth-order valence-corrected chi connectivity index (χ4v) is 4.45. The van der Waals surface area contributed by atoms with Gasteiger partial charge in [0.25, 0.3) is 11.8 Å². The molecule has 0 unspecified atom stereocenters. The van der Waals surface area contributed by atoms with Crippen LogP contribution < -0.4 is 21.7 Å². The lowest BCUT2D eigenvalue weighted by Gasteiger charge is -2.34. The summed E-state index contributed by atoms with van der Waals surface area (Å²) >= 11 is 0.749. The normalized spacial score (nSPS) is 12.3. The maximum Gasteiger partial charge on any atom is 0.273 e. The zero-order valence-corrected chi connectivity index (χ0v) is 22.4. The van der Waals surface area contributed by atoms with Crippen LogP contribution in [0.25, 0.3) is 0 Å². The van der Waals surface area contributed by atoms with Gasteiger partial charge in [-0.2, -0.15) is 4.37 Å². The summed E-state index contributed by atoms with van der Waals surface area (Å²) in [6, 6.07) is 12.3. The van der Waals surface area contributed by atoms with Crippen molar-refractivity contribution < 1.29 is 19.5 Å². The number of amides is 3. The van der Waals surface area contributed by atoms with Crippen molar-refractivity contribution in [1.29, 1.82) is 0 Å². The Kier molecular flexibility index (Phi) is 8.22. The molecule has 196 valence electrons. The van der Waals surface area contributed by atoms with Crippen LogP contribution >= 0.6 is 11.5 Å². The average Bonchev–Trinajstić information content (AvgIpc) is 3.24. The molecule has 0 saturated carbocycles. The van der Waals surface area contributed by atoms with Crippen molar-refractivity contribution in [3.8, 4) is 5.75 Å². The van der Waals surface area contributed by atoms with Crippen LogP contribution in [0.5, 0.6) is 5.75 Å². The molecule has 0 radical (unpaired) electrons. The number of carbonyl (C=O) groups excluding carboxylic acids is 3. The molecule has 37 heavy (non-hydrogen) atoms. The standard InChI is InChI=1S/C27H33N5O4S/c1-6-27(4,5)30-25(35)22(17-9-13-19(33)14-10-17)32(18-11-7-16(8-12-18)15(2)3)26(36)23-20(28)21(24(29)34)31-37-23/h7-15,22,33H,6,28H2,1-5H3,(H2,29,34)(H,30,35)/t22-/m0/s1. The molecule has 3 amide bonds. The Morgan fingerprint density at radius 2 is 1.62 bits per heavy atom. The fraction of sp³-hybridized carbons (Fsp3) is 0.333. The van der Waals surface area contributed by atoms with E-state index in [-0.39, 0.29) is 27.9 Å². The van der Waals surface area contributed by atoms with Gasteiger partial charge in [0.05, 0.1) is 5.69 Å². The first-order valence-corrected chi connectivity index (χ1v) is 12.7. The summed E-state index contributed by atoms with van der Waals surface area (Å²) in [5, 5.41) is 12.9. The van der Waals surface area contributed by atoms with Crippen LogP contribution in [0.1, 0.15) is 84.3 Å². The van der Waals surface area contributed by atoms with Gasteiger partial charge in [-0.1, -0.05) is 45.0 Å². The molecule has 1 aromatic heterocycles. The second-order valence-electron chi connectivity index (χ2n) is 9.78. The molecule has 0 aliphatic carbocycles. The van der Waals surface area contributed by atoms with Crippen molar-refractivity contribution in [3.63, 3.8) is 0 Å². The van der Waals surface area contributed by atoms with E-state index < -0.39 is 29.3 Å². The van der Waals surface area contributed by atoms with E-state index in [1.165, 1.54) is 17.0 Å². The quantitative estimate of drug-likeness (QED) is 0.327. The fourth-order valence-electron chi connectivity index (χ4n) is 3.71. The van der Waals surface area contributed by atoms with Crippen LogP contribution in [0.3, 0.4) is 0 Å². The third kappa shape index (κ3) is 6.08. The number of primary amides is 1. The zero-order valence-electron chi connectivity index (χ0n) is 21.6. The molecule has 0 bridgehead atoms. The molecule has 0 fully saturated rings. The first-order chi connectivity index (χ1) is 17.4. The van der Waals surface area contributed by atoms with Crippen LogP contribution in [0.4, 0.5) is 11.4 Å². The summed E-state index contributed by atoms with van der Waals surface area (Å²) in [7, 11) is 0. The molecule has 3 aromatic rings. The van der Waals surface area contributed by atoms with E-state index in [0.29, 0.717) is 17.7 Å². The number of phenolic OH excluding ortho intramolecular Hbond substituents is 1. The first kappa shape index (κ1) is 27.7. The van der Waals surface area contributed by atoms with Crippen molar-refractivity contribution in [2.75, 3.05) is 10.6 Å². The molecule has 0 aliphatic heterocycles. The summed E-state index contributed by atoms with van der Waals surface area (Å²) < 4.78 is 3.97. The highest BCUT2D eigenvalue weighted by Crippen LogP contribution is 2.34. The van der Waals surface area contributed by atoms with E-state index >= 15 is 0 Å². The van der Waals surface area contributed by atoms with Crippen LogP contribution in [0.2, 0.25) is 0 Å². The van der Waals surface area contributed by atoms with Gasteiger partial charge in [0.1, 0.15) is 16.7 Å². The largest absolute Gasteiger partial charge is 0.508 e. The lowest BCUT2D eigenvalue weighted by molar-refractivity contribution is -0.124. The summed E-state index contributed by atoms with van der Waals surface area (Å²) in [6.07, 6.45) is 0.655. The zero-order chi connectivity index (χ0) is 27.5. The molecule has 0 saturated heterocycles. The second kappa shape index (κ2) is 11.0. The molecule has 2 aromatic carbocycles. The minimum absolute atomic E-state index is 0.00642. The molecule has 9 nitrogen and oxygen atoms in total. The number of benzene rings is 2. The molecule has 1 atom stereocenters. The van der Waals surface area contributed by atoms with Crippen LogP contribution in [0.15, 0.2) is 48.5 Å². The Morgan fingerprint density at radius 3 is 2.11 bits per heavy atom. The second-order valence-corrected chi connectivity index (χ2v) is 10.6.